The van der Waals surface area contributed by atoms with Crippen LogP contribution >= 0.6 is 0 Å². The van der Waals surface area contributed by atoms with Gasteiger partial charge in [0.05, 0.1) is 11.0 Å². The minimum absolute atomic E-state index is 0.173. The van der Waals surface area contributed by atoms with E-state index in [9.17, 15) is 0 Å². The molecule has 0 aliphatic heterocycles. The molecule has 0 bridgehead atoms. The highest BCUT2D eigenvalue weighted by atomic mass is 16.3. The maximum atomic E-state index is 6.33. The van der Waals surface area contributed by atoms with Crippen LogP contribution in [0, 0.1) is 0 Å². The Morgan fingerprint density at radius 3 is 1.68 bits per heavy atom. The SMILES string of the molecule is CC1(C)c2cc(-n3c4ccc(-c5ccccc5)cc4c4cc(-c5ccccc5)ccc43)ccc2-c2cc3c(cc21)oc1ccccc13. The molecule has 2 heteroatoms. The van der Waals surface area contributed by atoms with E-state index in [0.717, 1.165) is 11.2 Å². The van der Waals surface area contributed by atoms with Crippen LogP contribution in [0.1, 0.15) is 25.0 Å². The molecule has 2 aromatic heterocycles. The van der Waals surface area contributed by atoms with Crippen LogP contribution in [0.5, 0.6) is 0 Å². The second kappa shape index (κ2) is 9.57. The van der Waals surface area contributed by atoms with E-state index in [-0.39, 0.29) is 5.41 Å². The number of para-hydroxylation sites is 1. The van der Waals surface area contributed by atoms with Crippen LogP contribution in [0.2, 0.25) is 0 Å². The minimum Gasteiger partial charge on any atom is -0.456 e. The summed E-state index contributed by atoms with van der Waals surface area (Å²) in [5.41, 5.74) is 15.5. The lowest BCUT2D eigenvalue weighted by molar-refractivity contribution is 0.647. The van der Waals surface area contributed by atoms with Gasteiger partial charge in [-0.15, -0.1) is 0 Å². The predicted octanol–water partition coefficient (Wildman–Crippen LogP) is 12.3. The summed E-state index contributed by atoms with van der Waals surface area (Å²) in [6.45, 7) is 4.69. The summed E-state index contributed by atoms with van der Waals surface area (Å²) in [6, 6.07) is 55.2. The number of furan rings is 1. The quantitative estimate of drug-likeness (QED) is 0.197. The molecule has 0 N–H and O–H groups in total. The van der Waals surface area contributed by atoms with Crippen LogP contribution in [0.3, 0.4) is 0 Å². The largest absolute Gasteiger partial charge is 0.456 e. The van der Waals surface area contributed by atoms with Crippen molar-refractivity contribution in [3.8, 4) is 39.1 Å². The first kappa shape index (κ1) is 26.4. The zero-order valence-electron chi connectivity index (χ0n) is 26.3. The van der Waals surface area contributed by atoms with Gasteiger partial charge < -0.3 is 8.98 Å². The van der Waals surface area contributed by atoms with Crippen LogP contribution in [0.4, 0.5) is 0 Å². The molecule has 1 aliphatic rings. The van der Waals surface area contributed by atoms with Gasteiger partial charge in [0.2, 0.25) is 0 Å². The van der Waals surface area contributed by atoms with Gasteiger partial charge in [0.15, 0.2) is 0 Å². The zero-order valence-corrected chi connectivity index (χ0v) is 26.3. The average Bonchev–Trinajstić information content (AvgIpc) is 3.72. The second-order valence-electron chi connectivity index (χ2n) is 13.4. The van der Waals surface area contributed by atoms with E-state index >= 15 is 0 Å². The fourth-order valence-electron chi connectivity index (χ4n) is 8.00. The van der Waals surface area contributed by atoms with Gasteiger partial charge in [-0.1, -0.05) is 111 Å². The van der Waals surface area contributed by atoms with Gasteiger partial charge in [-0.25, -0.2) is 0 Å². The van der Waals surface area contributed by atoms with E-state index < -0.39 is 0 Å². The van der Waals surface area contributed by atoms with E-state index in [0.29, 0.717) is 0 Å². The molecule has 0 unspecified atom stereocenters. The standard InChI is InChI=1S/C45H31NO/c1-45(2)39-25-32(19-20-33(39)35-26-38-34-15-9-10-16-43(34)47-44(38)27-40(35)45)46-41-21-17-30(28-11-5-3-6-12-28)23-36(41)37-24-31(18-22-42(37)46)29-13-7-4-8-14-29/h3-27H,1-2H3. The Balaban J connectivity index is 1.20. The van der Waals surface area contributed by atoms with Crippen LogP contribution in [-0.4, -0.2) is 4.57 Å². The van der Waals surface area contributed by atoms with Gasteiger partial charge in [-0.05, 0) is 99.1 Å². The molecule has 222 valence electrons. The van der Waals surface area contributed by atoms with Crippen molar-refractivity contribution in [2.75, 3.05) is 0 Å². The molecule has 0 saturated carbocycles. The van der Waals surface area contributed by atoms with Crippen molar-refractivity contribution in [3.63, 3.8) is 0 Å². The number of aromatic nitrogens is 1. The normalized spacial score (nSPS) is 13.5. The van der Waals surface area contributed by atoms with Crippen LogP contribution in [0.25, 0.3) is 82.8 Å². The van der Waals surface area contributed by atoms with Gasteiger partial charge in [0.25, 0.3) is 0 Å². The van der Waals surface area contributed by atoms with Crippen molar-refractivity contribution in [3.05, 3.63) is 163 Å². The maximum absolute atomic E-state index is 6.33. The number of hydrogen-bond acceptors (Lipinski definition) is 1. The van der Waals surface area contributed by atoms with Crippen molar-refractivity contribution < 1.29 is 4.42 Å². The highest BCUT2D eigenvalue weighted by Gasteiger charge is 2.37. The summed E-state index contributed by atoms with van der Waals surface area (Å²) < 4.78 is 8.78. The lowest BCUT2D eigenvalue weighted by Gasteiger charge is -2.22. The highest BCUT2D eigenvalue weighted by Crippen LogP contribution is 2.51. The maximum Gasteiger partial charge on any atom is 0.135 e. The van der Waals surface area contributed by atoms with E-state index in [1.807, 2.05) is 6.07 Å². The molecule has 0 spiro atoms. The van der Waals surface area contributed by atoms with Crippen molar-refractivity contribution in [1.29, 1.82) is 0 Å². The van der Waals surface area contributed by atoms with Crippen molar-refractivity contribution in [2.45, 2.75) is 19.3 Å². The van der Waals surface area contributed by atoms with Crippen LogP contribution < -0.4 is 0 Å². The molecule has 0 atom stereocenters. The first-order valence-electron chi connectivity index (χ1n) is 16.3. The Morgan fingerprint density at radius 1 is 0.426 bits per heavy atom. The van der Waals surface area contributed by atoms with Gasteiger partial charge in [-0.2, -0.15) is 0 Å². The molecular weight excluding hydrogens is 571 g/mol. The molecule has 0 amide bonds. The average molecular weight is 602 g/mol. The van der Waals surface area contributed by atoms with Crippen molar-refractivity contribution >= 4 is 43.7 Å². The van der Waals surface area contributed by atoms with Gasteiger partial charge in [0, 0.05) is 32.6 Å². The molecule has 0 saturated heterocycles. The van der Waals surface area contributed by atoms with Gasteiger partial charge in [-0.3, -0.25) is 0 Å². The van der Waals surface area contributed by atoms with Gasteiger partial charge >= 0.3 is 0 Å². The minimum atomic E-state index is -0.173. The second-order valence-corrected chi connectivity index (χ2v) is 13.4. The third-order valence-electron chi connectivity index (χ3n) is 10.4. The molecule has 47 heavy (non-hydrogen) atoms. The molecular formula is C45H31NO. The fourth-order valence-corrected chi connectivity index (χ4v) is 8.00. The molecule has 0 radical (unpaired) electrons. The van der Waals surface area contributed by atoms with Crippen molar-refractivity contribution in [1.82, 2.24) is 4.57 Å². The summed E-state index contributed by atoms with van der Waals surface area (Å²) in [6.07, 6.45) is 0. The highest BCUT2D eigenvalue weighted by molar-refractivity contribution is 6.12. The number of hydrogen-bond donors (Lipinski definition) is 0. The number of rotatable bonds is 3. The molecule has 2 heterocycles. The fraction of sp³-hybridized carbons (Fsp3) is 0.0667. The van der Waals surface area contributed by atoms with E-state index in [4.69, 9.17) is 4.42 Å². The van der Waals surface area contributed by atoms with Crippen LogP contribution in [-0.2, 0) is 5.41 Å². The van der Waals surface area contributed by atoms with E-state index in [1.165, 1.54) is 82.8 Å². The Hall–Kier alpha value is -5.86. The third kappa shape index (κ3) is 3.79. The summed E-state index contributed by atoms with van der Waals surface area (Å²) in [7, 11) is 0. The number of nitrogens with zero attached hydrogens (tertiary/aromatic N) is 1. The molecule has 2 nitrogen and oxygen atoms in total. The number of benzene rings is 7. The summed E-state index contributed by atoms with van der Waals surface area (Å²) in [5, 5.41) is 4.87. The third-order valence-corrected chi connectivity index (χ3v) is 10.4. The molecule has 7 aromatic carbocycles. The molecule has 1 aliphatic carbocycles. The smallest absolute Gasteiger partial charge is 0.135 e. The summed E-state index contributed by atoms with van der Waals surface area (Å²) in [5.74, 6) is 0. The van der Waals surface area contributed by atoms with E-state index in [1.54, 1.807) is 0 Å². The van der Waals surface area contributed by atoms with E-state index in [2.05, 4.69) is 164 Å². The number of fused-ring (bicyclic) bond motifs is 9. The lowest BCUT2D eigenvalue weighted by atomic mass is 9.82. The first-order valence-corrected chi connectivity index (χ1v) is 16.3. The summed E-state index contributed by atoms with van der Waals surface area (Å²) in [4.78, 5) is 0. The predicted molar refractivity (Wildman–Crippen MR) is 196 cm³/mol. The molecule has 9 aromatic rings. The molecule has 0 fully saturated rings. The lowest BCUT2D eigenvalue weighted by Crippen LogP contribution is -2.15. The Labute approximate surface area is 273 Å². The van der Waals surface area contributed by atoms with Crippen LogP contribution in [0.15, 0.2) is 156 Å². The Kier molecular flexibility index (Phi) is 5.37. The monoisotopic (exact) mass is 601 g/mol. The Morgan fingerprint density at radius 2 is 1.02 bits per heavy atom. The Bertz CT molecular complexity index is 2590. The first-order chi connectivity index (χ1) is 23.0. The van der Waals surface area contributed by atoms with Gasteiger partial charge in [0.1, 0.15) is 11.2 Å². The molecule has 10 rings (SSSR count). The zero-order chi connectivity index (χ0) is 31.3. The topological polar surface area (TPSA) is 18.1 Å². The van der Waals surface area contributed by atoms with Crippen molar-refractivity contribution in [2.24, 2.45) is 0 Å². The summed E-state index contributed by atoms with van der Waals surface area (Å²) >= 11 is 0.